The molecule has 3 aliphatic heterocycles. The van der Waals surface area contributed by atoms with E-state index in [2.05, 4.69) is 16.9 Å². The minimum atomic E-state index is -2.92. The van der Waals surface area contributed by atoms with E-state index in [1.54, 1.807) is 32.2 Å². The SMILES string of the molecule is C=C[C@H]1[C@H](O[C@@H]2O[C@H](CO)[C@@H](O)C(O)(O)[C@H]2OC(C)C)OC=C(C(=O)OC2CCCCC2)[C@H]1/C=C\C1=C[NH+](CCO)CC(C(=O)O)=C1NC(N)=NCCCO. The molecule has 18 nitrogen and oxygen atoms in total. The maximum Gasteiger partial charge on any atom is 0.339 e. The molecular weight excluding hydrogens is 724 g/mol. The van der Waals surface area contributed by atoms with Crippen LogP contribution in [0, 0.1) is 11.8 Å². The second kappa shape index (κ2) is 20.5. The number of aliphatic hydroxyl groups excluding tert-OH is 4. The van der Waals surface area contributed by atoms with Crippen LogP contribution >= 0.6 is 0 Å². The van der Waals surface area contributed by atoms with Gasteiger partial charge in [-0.25, -0.2) is 9.59 Å². The third kappa shape index (κ3) is 11.2. The first-order valence-corrected chi connectivity index (χ1v) is 18.6. The number of allylic oxidation sites excluding steroid dienone is 2. The van der Waals surface area contributed by atoms with Gasteiger partial charge in [0.1, 0.15) is 43.2 Å². The Labute approximate surface area is 319 Å². The van der Waals surface area contributed by atoms with Gasteiger partial charge in [-0.2, -0.15) is 0 Å². The molecule has 55 heavy (non-hydrogen) atoms. The number of quaternary nitrogens is 1. The van der Waals surface area contributed by atoms with Crippen LogP contribution in [-0.2, 0) is 33.3 Å². The van der Waals surface area contributed by atoms with Gasteiger partial charge in [0.2, 0.25) is 12.1 Å². The zero-order valence-corrected chi connectivity index (χ0v) is 31.3. The van der Waals surface area contributed by atoms with Gasteiger partial charge in [-0.1, -0.05) is 24.6 Å². The number of nitrogens with one attached hydrogen (secondary N) is 2. The zero-order valence-electron chi connectivity index (χ0n) is 31.3. The van der Waals surface area contributed by atoms with Gasteiger partial charge in [-0.15, -0.1) is 6.58 Å². The second-order valence-corrected chi connectivity index (χ2v) is 14.2. The van der Waals surface area contributed by atoms with Gasteiger partial charge in [0.05, 0.1) is 48.3 Å². The molecule has 8 atom stereocenters. The van der Waals surface area contributed by atoms with Crippen LogP contribution in [-0.4, -0.2) is 142 Å². The lowest BCUT2D eigenvalue weighted by Crippen LogP contribution is -3.09. The van der Waals surface area contributed by atoms with Crippen LogP contribution in [0.3, 0.4) is 0 Å². The standard InChI is InChI=1S/C37H56N4O14/c1-4-24-25(12-11-22-17-41(14-16-43)18-26(32(46)47)29(22)40-36(38)39-13-8-15-42)27(33(48)53-23-9-6-5-7-10-23)20-51-34(24)55-35-31(52-21(2)3)37(49,50)30(45)28(19-44)54-35/h4,11-12,17,20-21,23-25,28,30-31,34-35,42-45,49-50H,1,5-10,13-16,18-19H2,2-3H3,(H,46,47)(H3,38,39,40)/p+1/b12-11-/t24-,25+,28-,30-,31+,34+,35+/m1/s1. The molecule has 0 spiro atoms. The molecule has 0 aromatic rings. The summed E-state index contributed by atoms with van der Waals surface area (Å²) in [6.45, 7) is 6.44. The van der Waals surface area contributed by atoms with E-state index in [-0.39, 0.29) is 61.8 Å². The summed E-state index contributed by atoms with van der Waals surface area (Å²) in [7, 11) is 0. The summed E-state index contributed by atoms with van der Waals surface area (Å²) in [5.74, 6) is -6.70. The van der Waals surface area contributed by atoms with Crippen LogP contribution in [0.4, 0.5) is 0 Å². The Balaban J connectivity index is 1.76. The fourth-order valence-electron chi connectivity index (χ4n) is 6.93. The zero-order chi connectivity index (χ0) is 40.3. The van der Waals surface area contributed by atoms with Crippen molar-refractivity contribution in [2.75, 3.05) is 39.5 Å². The molecule has 308 valence electrons. The van der Waals surface area contributed by atoms with Crippen LogP contribution in [0.15, 0.2) is 64.7 Å². The summed E-state index contributed by atoms with van der Waals surface area (Å²) in [4.78, 5) is 31.1. The average Bonchev–Trinajstić information content (AvgIpc) is 3.14. The minimum absolute atomic E-state index is 0.00254. The molecule has 3 heterocycles. The van der Waals surface area contributed by atoms with E-state index in [0.29, 0.717) is 29.7 Å². The number of rotatable bonds is 17. The van der Waals surface area contributed by atoms with Crippen molar-refractivity contribution in [3.63, 3.8) is 0 Å². The summed E-state index contributed by atoms with van der Waals surface area (Å²) in [5.41, 5.74) is 6.63. The normalized spacial score (nSPS) is 30.5. The molecule has 0 radical (unpaired) electrons. The lowest BCUT2D eigenvalue weighted by Gasteiger charge is -2.48. The number of ether oxygens (including phenoxy) is 5. The average molecular weight is 782 g/mol. The second-order valence-electron chi connectivity index (χ2n) is 14.2. The molecule has 11 N–H and O–H groups in total. The first-order chi connectivity index (χ1) is 26.2. The maximum absolute atomic E-state index is 13.8. The number of hydrogen-bond acceptors (Lipinski definition) is 14. The van der Waals surface area contributed by atoms with E-state index >= 15 is 0 Å². The molecule has 1 saturated carbocycles. The van der Waals surface area contributed by atoms with Gasteiger partial charge in [0, 0.05) is 19.1 Å². The van der Waals surface area contributed by atoms with Crippen molar-refractivity contribution >= 4 is 17.9 Å². The highest BCUT2D eigenvalue weighted by Gasteiger charge is 2.57. The van der Waals surface area contributed by atoms with Gasteiger partial charge in [-0.3, -0.25) is 4.99 Å². The fraction of sp³-hybridized carbons (Fsp3) is 0.649. The third-order valence-electron chi connectivity index (χ3n) is 9.76. The van der Waals surface area contributed by atoms with Crippen molar-refractivity contribution in [2.24, 2.45) is 22.6 Å². The number of carboxylic acids is 1. The van der Waals surface area contributed by atoms with E-state index in [4.69, 9.17) is 34.5 Å². The topological polar surface area (TPSA) is 277 Å². The van der Waals surface area contributed by atoms with Crippen LogP contribution < -0.4 is 16.0 Å². The smallest absolute Gasteiger partial charge is 0.339 e. The highest BCUT2D eigenvalue weighted by atomic mass is 16.8. The van der Waals surface area contributed by atoms with Crippen molar-refractivity contribution < 1.29 is 73.9 Å². The molecule has 1 saturated heterocycles. The van der Waals surface area contributed by atoms with Gasteiger partial charge < -0.3 is 75.4 Å². The van der Waals surface area contributed by atoms with E-state index in [0.717, 1.165) is 19.3 Å². The maximum atomic E-state index is 13.8. The van der Waals surface area contributed by atoms with Crippen molar-refractivity contribution in [1.82, 2.24) is 5.32 Å². The predicted octanol–water partition coefficient (Wildman–Crippen LogP) is -1.95. The van der Waals surface area contributed by atoms with Crippen LogP contribution in [0.2, 0.25) is 0 Å². The number of carboxylic acid groups (broad SMARTS) is 1. The molecule has 2 fully saturated rings. The monoisotopic (exact) mass is 781 g/mol. The van der Waals surface area contributed by atoms with Gasteiger partial charge >= 0.3 is 11.9 Å². The Bertz CT molecular complexity index is 1490. The van der Waals surface area contributed by atoms with E-state index in [9.17, 15) is 40.2 Å². The van der Waals surface area contributed by atoms with Crippen LogP contribution in [0.1, 0.15) is 52.4 Å². The predicted molar refractivity (Wildman–Crippen MR) is 194 cm³/mol. The van der Waals surface area contributed by atoms with E-state index in [1.165, 1.54) is 12.3 Å². The highest BCUT2D eigenvalue weighted by molar-refractivity contribution is 5.92. The van der Waals surface area contributed by atoms with Gasteiger partial charge in [0.25, 0.3) is 0 Å². The van der Waals surface area contributed by atoms with Crippen molar-refractivity contribution in [3.8, 4) is 0 Å². The number of nitrogens with two attached hydrogens (primary N) is 1. The lowest BCUT2D eigenvalue weighted by molar-refractivity contribution is -0.843. The Hall–Kier alpha value is -3.69. The molecule has 0 aromatic heterocycles. The molecule has 18 heteroatoms. The number of hydrogen-bond donors (Lipinski definition) is 10. The third-order valence-corrected chi connectivity index (χ3v) is 9.76. The first-order valence-electron chi connectivity index (χ1n) is 18.6. The Morgan fingerprint density at radius 2 is 1.89 bits per heavy atom. The summed E-state index contributed by atoms with van der Waals surface area (Å²) < 4.78 is 29.5. The van der Waals surface area contributed by atoms with E-state index < -0.39 is 73.2 Å². The number of carbonyl (C=O) groups is 2. The first kappa shape index (κ1) is 44.0. The summed E-state index contributed by atoms with van der Waals surface area (Å²) >= 11 is 0. The quantitative estimate of drug-likeness (QED) is 0.0192. The molecule has 0 aromatic carbocycles. The summed E-state index contributed by atoms with van der Waals surface area (Å²) in [5, 5.41) is 74.3. The highest BCUT2D eigenvalue weighted by Crippen LogP contribution is 2.39. The van der Waals surface area contributed by atoms with Crippen molar-refractivity contribution in [1.29, 1.82) is 0 Å². The number of guanidine groups is 1. The molecule has 1 unspecified atom stereocenters. The van der Waals surface area contributed by atoms with Gasteiger partial charge in [-0.05, 0) is 46.0 Å². The lowest BCUT2D eigenvalue weighted by atomic mass is 9.83. The molecule has 0 bridgehead atoms. The molecule has 4 aliphatic rings. The summed E-state index contributed by atoms with van der Waals surface area (Å²) in [6, 6.07) is 0. The number of aliphatic imine (C=N–C) groups is 1. The molecular formula is C37H57N4O14+. The molecule has 1 aliphatic carbocycles. The Kier molecular flexibility index (Phi) is 16.4. The van der Waals surface area contributed by atoms with Crippen molar-refractivity contribution in [3.05, 3.63) is 59.7 Å². The largest absolute Gasteiger partial charge is 0.478 e. The summed E-state index contributed by atoms with van der Waals surface area (Å²) in [6.07, 6.45) is 3.19. The number of carbonyl (C=O) groups excluding carboxylic acids is 1. The number of nitrogens with zero attached hydrogens (tertiary/aromatic N) is 1. The molecule has 0 amide bonds. The van der Waals surface area contributed by atoms with E-state index in [1.807, 2.05) is 0 Å². The Morgan fingerprint density at radius 3 is 2.51 bits per heavy atom. The van der Waals surface area contributed by atoms with Crippen LogP contribution in [0.5, 0.6) is 0 Å². The number of aliphatic carboxylic acids is 1. The van der Waals surface area contributed by atoms with Crippen molar-refractivity contribution in [2.45, 2.75) is 101 Å². The molecule has 4 rings (SSSR count). The van der Waals surface area contributed by atoms with Gasteiger partial charge in [0.15, 0.2) is 18.4 Å². The Morgan fingerprint density at radius 1 is 1.16 bits per heavy atom. The number of esters is 1. The minimum Gasteiger partial charge on any atom is -0.478 e. The van der Waals surface area contributed by atoms with Crippen LogP contribution in [0.25, 0.3) is 0 Å². The number of aliphatic hydroxyl groups is 6. The fourth-order valence-corrected chi connectivity index (χ4v) is 6.93.